The van der Waals surface area contributed by atoms with Gasteiger partial charge >= 0.3 is 12.7 Å². The lowest BCUT2D eigenvalue weighted by molar-refractivity contribution is -0.275. The second kappa shape index (κ2) is 44.7. The summed E-state index contributed by atoms with van der Waals surface area (Å²) in [5.41, 5.74) is 12.6. The van der Waals surface area contributed by atoms with E-state index in [4.69, 9.17) is 0 Å². The van der Waals surface area contributed by atoms with Crippen molar-refractivity contribution in [2.75, 3.05) is 89.9 Å². The van der Waals surface area contributed by atoms with Crippen molar-refractivity contribution in [1.82, 2.24) is 26.6 Å². The van der Waals surface area contributed by atoms with E-state index in [9.17, 15) is 41.3 Å². The summed E-state index contributed by atoms with van der Waals surface area (Å²) in [7, 11) is 0. The van der Waals surface area contributed by atoms with Gasteiger partial charge in [0.25, 0.3) is 0 Å². The lowest BCUT2D eigenvalue weighted by atomic mass is 10.0. The Morgan fingerprint density at radius 1 is 0.300 bits per heavy atom. The molecule has 26 heteroatoms. The molecule has 10 heterocycles. The van der Waals surface area contributed by atoms with E-state index in [1.54, 1.807) is 87.0 Å². The van der Waals surface area contributed by atoms with Crippen LogP contribution in [0.25, 0.3) is 50.4 Å². The lowest BCUT2D eigenvalue weighted by Crippen LogP contribution is -2.43. The number of fused-ring (bicyclic) bond motifs is 5. The Labute approximate surface area is 775 Å². The maximum atomic E-state index is 13.6. The molecule has 20 rings (SSSR count). The zero-order valence-electron chi connectivity index (χ0n) is 72.2. The molecule has 0 spiro atoms. The van der Waals surface area contributed by atoms with E-state index in [1.165, 1.54) is 103 Å². The van der Waals surface area contributed by atoms with Crippen LogP contribution in [0.4, 0.5) is 59.2 Å². The van der Waals surface area contributed by atoms with Gasteiger partial charge in [-0.3, -0.25) is 0 Å². The molecule has 0 atom stereocenters. The molecule has 5 aromatic heterocycles. The highest BCUT2D eigenvalue weighted by atomic mass is 32.1. The Balaban J connectivity index is 0.000000119. The Kier molecular flexibility index (Phi) is 31.7. The molecule has 14 nitrogen and oxygen atoms in total. The number of thiophene rings is 5. The van der Waals surface area contributed by atoms with Crippen LogP contribution < -0.4 is 60.6 Å². The maximum Gasteiger partial charge on any atom is 0.573 e. The molecule has 0 aliphatic carbocycles. The highest BCUT2D eigenvalue weighted by molar-refractivity contribution is 7.18. The number of nitrogens with zero attached hydrogens (tertiary/aromatic N) is 7. The van der Waals surface area contributed by atoms with Crippen molar-refractivity contribution in [2.24, 2.45) is 0 Å². The summed E-state index contributed by atoms with van der Waals surface area (Å²) < 4.78 is 103. The molecule has 0 radical (unpaired) electrons. The monoisotopic (exact) mass is 1850 g/mol. The van der Waals surface area contributed by atoms with Crippen molar-refractivity contribution in [3.8, 4) is 23.6 Å². The SMILES string of the molecule is FC(F)(F)Oc1ccc(CN(c2ccc3sccc3c2)C2CCNCC2)cc1.FC(F)(F)Oc1cccc(CN(c2ccc3sccc3c2)C2CCNCC2)c1.Fc1cccc(CN(c2ccc3sccc3c2)C2CCNCC2)c1.N#Cc1cccc(CN(c2ccc3sccc3c2)C2CCNCC2)c1.N#Cc1ccccc1CN(c1ccc2sccc2c1)C1CCNCC1. The molecule has 0 saturated carbocycles. The predicted molar refractivity (Wildman–Crippen MR) is 524 cm³/mol. The van der Waals surface area contributed by atoms with Crippen LogP contribution in [0.15, 0.2) is 270 Å². The number of anilines is 5. The summed E-state index contributed by atoms with van der Waals surface area (Å²) in [6, 6.07) is 86.1. The summed E-state index contributed by atoms with van der Waals surface area (Å²) in [6.45, 7) is 13.7. The maximum absolute atomic E-state index is 13.6. The molecule has 5 aliphatic heterocycles. The Bertz CT molecular complexity index is 6230. The van der Waals surface area contributed by atoms with E-state index < -0.39 is 12.7 Å². The molecule has 130 heavy (non-hydrogen) atoms. The van der Waals surface area contributed by atoms with Crippen LogP contribution in [0.5, 0.6) is 11.5 Å². The molecule has 672 valence electrons. The van der Waals surface area contributed by atoms with Gasteiger partial charge in [-0.25, -0.2) is 4.39 Å². The second-order valence-electron chi connectivity index (χ2n) is 33.4. The average molecular weight is 1850 g/mol. The summed E-state index contributed by atoms with van der Waals surface area (Å²) >= 11 is 8.76. The average Bonchev–Trinajstić information content (AvgIpc) is 1.52. The number of hydrogen-bond donors (Lipinski definition) is 5. The molecule has 0 amide bonds. The molecule has 0 bridgehead atoms. The fourth-order valence-corrected chi connectivity index (χ4v) is 22.0. The van der Waals surface area contributed by atoms with E-state index >= 15 is 0 Å². The van der Waals surface area contributed by atoms with E-state index in [0.29, 0.717) is 43.3 Å². The molecule has 0 unspecified atom stereocenters. The molecule has 5 saturated heterocycles. The van der Waals surface area contributed by atoms with E-state index in [1.807, 2.05) is 48.5 Å². The molecule has 5 aliphatic rings. The summed E-state index contributed by atoms with van der Waals surface area (Å²) in [6.07, 6.45) is 1.55. The number of benzene rings is 10. The topological polar surface area (TPSA) is 142 Å². The quantitative estimate of drug-likeness (QED) is 0.0411. The lowest BCUT2D eigenvalue weighted by Gasteiger charge is -2.37. The third kappa shape index (κ3) is 25.3. The van der Waals surface area contributed by atoms with E-state index in [-0.39, 0.29) is 17.3 Å². The number of hydrogen-bond acceptors (Lipinski definition) is 19. The molecule has 15 aromatic rings. The summed E-state index contributed by atoms with van der Waals surface area (Å²) in [5.74, 6) is -0.529. The first kappa shape index (κ1) is 92.2. The van der Waals surface area contributed by atoms with Crippen LogP contribution >= 0.6 is 56.7 Å². The van der Waals surface area contributed by atoms with Gasteiger partial charge in [-0.1, -0.05) is 66.7 Å². The van der Waals surface area contributed by atoms with Gasteiger partial charge in [0.05, 0.1) is 23.3 Å². The number of nitrogens with one attached hydrogen (secondary N) is 5. The van der Waals surface area contributed by atoms with Crippen LogP contribution in [-0.4, -0.2) is 108 Å². The number of nitriles is 2. The fourth-order valence-electron chi connectivity index (χ4n) is 18.2. The molecule has 5 fully saturated rings. The van der Waals surface area contributed by atoms with Crippen LogP contribution in [-0.2, 0) is 32.7 Å². The first-order valence-electron chi connectivity index (χ1n) is 44.6. The number of halogens is 7. The second-order valence-corrected chi connectivity index (χ2v) is 38.1. The van der Waals surface area contributed by atoms with E-state index in [0.717, 1.165) is 194 Å². The van der Waals surface area contributed by atoms with Crippen molar-refractivity contribution < 1.29 is 40.2 Å². The van der Waals surface area contributed by atoms with Crippen molar-refractivity contribution in [2.45, 2.75) is 140 Å². The highest BCUT2D eigenvalue weighted by Gasteiger charge is 2.34. The molecule has 10 aromatic carbocycles. The van der Waals surface area contributed by atoms with Crippen molar-refractivity contribution in [3.63, 3.8) is 0 Å². The normalized spacial score (nSPS) is 15.5. The van der Waals surface area contributed by atoms with Gasteiger partial charge < -0.3 is 60.6 Å². The van der Waals surface area contributed by atoms with Gasteiger partial charge in [0.2, 0.25) is 0 Å². The standard InChI is InChI=1S/2C21H21F3N2OS.2C21H21N3S.C20H21FN2S/c22-21(23,24)27-19-4-1-15(2-5-19)14-26(17-7-10-25-11-8-17)18-3-6-20-16(13-18)9-12-28-20;22-21(23,24)27-19-3-1-2-15(12-19)14-26(17-6-9-25-10-7-17)18-4-5-20-16(13-18)8-11-28-20;22-14-16-2-1-3-17(12-16)15-24(19-6-9-23-10-7-19)20-4-5-21-18(13-20)8-11-25-21;22-14-17-3-1-2-4-18(17)15-24(19-7-10-23-11-8-19)20-5-6-21-16(13-20)9-12-25-21;21-17-3-1-2-15(12-17)14-23(18-6-9-22-10-7-18)19-4-5-20-16(13-19)8-11-24-20/h1-6,9,12-13,17,25H,7-8,10-11,14H2;1-5,8,11-13,17,25H,6-7,9-10,14H2;1-5,8,11-13,19,23H,6-7,9-10,15H2;1-6,9,12-13,19,23H,7-8,10-11,15H2;1-5,8,11-13,18,22H,6-7,9-10,14H2. The Morgan fingerprint density at radius 3 is 0.962 bits per heavy atom. The van der Waals surface area contributed by atoms with Gasteiger partial charge in [-0.2, -0.15) is 10.5 Å². The van der Waals surface area contributed by atoms with Gasteiger partial charge in [0.15, 0.2) is 0 Å². The van der Waals surface area contributed by atoms with Crippen LogP contribution in [0, 0.1) is 28.5 Å². The summed E-state index contributed by atoms with van der Waals surface area (Å²) in [5, 5.41) is 52.7. The fraction of sp³-hybridized carbons (Fsp3) is 0.308. The van der Waals surface area contributed by atoms with Crippen molar-refractivity contribution in [3.05, 3.63) is 314 Å². The molecular weight excluding hydrogens is 1740 g/mol. The van der Waals surface area contributed by atoms with Gasteiger partial charge in [0.1, 0.15) is 17.3 Å². The largest absolute Gasteiger partial charge is 0.573 e. The highest BCUT2D eigenvalue weighted by Crippen LogP contribution is 2.39. The van der Waals surface area contributed by atoms with E-state index in [2.05, 4.69) is 233 Å². The predicted octanol–water partition coefficient (Wildman–Crippen LogP) is 25.0. The third-order valence-corrected chi connectivity index (χ3v) is 29.2. The number of rotatable bonds is 22. The Hall–Kier alpha value is -11.1. The van der Waals surface area contributed by atoms with Crippen LogP contribution in [0.1, 0.15) is 103 Å². The molecular formula is C104H105F7N12O2S5. The first-order chi connectivity index (χ1) is 63.4. The number of alkyl halides is 6. The zero-order chi connectivity index (χ0) is 89.6. The minimum absolute atomic E-state index is 0.161. The third-order valence-electron chi connectivity index (χ3n) is 24.7. The smallest absolute Gasteiger partial charge is 0.406 e. The molecule has 5 N–H and O–H groups in total. The number of ether oxygens (including phenoxy) is 2. The van der Waals surface area contributed by atoms with Gasteiger partial charge in [-0.15, -0.1) is 83.0 Å². The zero-order valence-corrected chi connectivity index (χ0v) is 76.3. The van der Waals surface area contributed by atoms with Crippen LogP contribution in [0.3, 0.4) is 0 Å². The first-order valence-corrected chi connectivity index (χ1v) is 49.0. The van der Waals surface area contributed by atoms with Crippen LogP contribution in [0.2, 0.25) is 0 Å². The summed E-state index contributed by atoms with van der Waals surface area (Å²) in [4.78, 5) is 12.2. The minimum Gasteiger partial charge on any atom is -0.406 e. The van der Waals surface area contributed by atoms with Gasteiger partial charge in [0, 0.05) is 115 Å². The Morgan fingerprint density at radius 2 is 0.615 bits per heavy atom. The van der Waals surface area contributed by atoms with Crippen molar-refractivity contribution in [1.29, 1.82) is 10.5 Å². The minimum atomic E-state index is -4.68. The van der Waals surface area contributed by atoms with Crippen molar-refractivity contribution >= 4 is 136 Å². The number of piperidine rings is 5. The van der Waals surface area contributed by atoms with Gasteiger partial charge in [-0.05, 0) is 387 Å².